The van der Waals surface area contributed by atoms with Gasteiger partial charge in [-0.3, -0.25) is 14.4 Å². The van der Waals surface area contributed by atoms with Crippen LogP contribution in [0.3, 0.4) is 0 Å². The molecule has 0 unspecified atom stereocenters. The highest BCUT2D eigenvalue weighted by Crippen LogP contribution is 2.32. The number of ether oxygens (including phenoxy) is 3. The van der Waals surface area contributed by atoms with E-state index in [0.29, 0.717) is 34.0 Å². The minimum atomic E-state index is -0.563. The Hall–Kier alpha value is -4.12. The van der Waals surface area contributed by atoms with Gasteiger partial charge in [-0.25, -0.2) is 4.39 Å². The van der Waals surface area contributed by atoms with Crippen LogP contribution in [0.15, 0.2) is 65.1 Å². The minimum Gasteiger partial charge on any atom is -0.484 e. The Balaban J connectivity index is 1.11. The molecule has 1 saturated heterocycles. The number of carbonyl (C=O) groups is 3. The van der Waals surface area contributed by atoms with Crippen LogP contribution >= 0.6 is 15.9 Å². The van der Waals surface area contributed by atoms with Gasteiger partial charge >= 0.3 is 0 Å². The van der Waals surface area contributed by atoms with E-state index in [9.17, 15) is 18.8 Å². The van der Waals surface area contributed by atoms with Gasteiger partial charge in [-0.05, 0) is 60.2 Å². The standard InChI is InChI=1S/C27H23BrFN3O6/c28-18-2-7-22(21(29)11-18)31-25(33)14-36-20-5-3-19(4-6-20)32-13-17(10-26(32)34)27(35)30-12-16-1-8-23-24(9-16)38-15-37-23/h1-9,11,17H,10,12-15H2,(H,30,35)(H,31,33)/t17-/m0/s1. The highest BCUT2D eigenvalue weighted by molar-refractivity contribution is 9.10. The van der Waals surface area contributed by atoms with Gasteiger partial charge in [-0.2, -0.15) is 0 Å². The van der Waals surface area contributed by atoms with Crippen molar-refractivity contribution in [2.24, 2.45) is 5.92 Å². The molecule has 11 heteroatoms. The van der Waals surface area contributed by atoms with Crippen molar-refractivity contribution in [1.29, 1.82) is 0 Å². The maximum atomic E-state index is 13.9. The summed E-state index contributed by atoms with van der Waals surface area (Å²) in [5.41, 5.74) is 1.55. The molecule has 1 atom stereocenters. The highest BCUT2D eigenvalue weighted by atomic mass is 79.9. The van der Waals surface area contributed by atoms with Crippen LogP contribution < -0.4 is 29.7 Å². The molecule has 2 aliphatic rings. The number of halogens is 2. The molecule has 0 spiro atoms. The van der Waals surface area contributed by atoms with E-state index in [-0.39, 0.29) is 43.9 Å². The van der Waals surface area contributed by atoms with E-state index in [1.54, 1.807) is 41.3 Å². The molecule has 3 aromatic rings. The summed E-state index contributed by atoms with van der Waals surface area (Å²) in [6.07, 6.45) is 0.109. The maximum Gasteiger partial charge on any atom is 0.262 e. The van der Waals surface area contributed by atoms with Crippen molar-refractivity contribution in [2.45, 2.75) is 13.0 Å². The van der Waals surface area contributed by atoms with Gasteiger partial charge < -0.3 is 29.7 Å². The average molecular weight is 584 g/mol. The van der Waals surface area contributed by atoms with Crippen LogP contribution in [0.1, 0.15) is 12.0 Å². The second-order valence-corrected chi connectivity index (χ2v) is 9.68. The van der Waals surface area contributed by atoms with E-state index < -0.39 is 17.6 Å². The number of carbonyl (C=O) groups excluding carboxylic acids is 3. The number of hydrogen-bond donors (Lipinski definition) is 2. The number of nitrogens with zero attached hydrogens (tertiary/aromatic N) is 1. The molecule has 196 valence electrons. The Morgan fingerprint density at radius 1 is 1.05 bits per heavy atom. The minimum absolute atomic E-state index is 0.0548. The second kappa shape index (κ2) is 11.1. The molecular formula is C27H23BrFN3O6. The van der Waals surface area contributed by atoms with Crippen LogP contribution in [0.4, 0.5) is 15.8 Å². The Morgan fingerprint density at radius 3 is 2.63 bits per heavy atom. The number of nitrogens with one attached hydrogen (secondary N) is 2. The number of fused-ring (bicyclic) bond motifs is 1. The first-order valence-electron chi connectivity index (χ1n) is 11.8. The van der Waals surface area contributed by atoms with Gasteiger partial charge in [0.1, 0.15) is 11.6 Å². The summed E-state index contributed by atoms with van der Waals surface area (Å²) < 4.78 is 30.6. The van der Waals surface area contributed by atoms with E-state index in [0.717, 1.165) is 5.56 Å². The Morgan fingerprint density at radius 2 is 1.84 bits per heavy atom. The van der Waals surface area contributed by atoms with Crippen molar-refractivity contribution in [3.63, 3.8) is 0 Å². The summed E-state index contributed by atoms with van der Waals surface area (Å²) >= 11 is 3.16. The zero-order chi connectivity index (χ0) is 26.6. The Kier molecular flexibility index (Phi) is 7.45. The summed E-state index contributed by atoms with van der Waals surface area (Å²) in [4.78, 5) is 39.0. The normalized spacial score (nSPS) is 15.9. The third kappa shape index (κ3) is 5.88. The molecule has 5 rings (SSSR count). The van der Waals surface area contributed by atoms with Gasteiger partial charge in [-0.15, -0.1) is 0 Å². The van der Waals surface area contributed by atoms with Crippen LogP contribution in [0, 0.1) is 11.7 Å². The molecular weight excluding hydrogens is 561 g/mol. The first kappa shape index (κ1) is 25.5. The summed E-state index contributed by atoms with van der Waals surface area (Å²) in [7, 11) is 0. The number of hydrogen-bond acceptors (Lipinski definition) is 6. The Labute approximate surface area is 226 Å². The first-order chi connectivity index (χ1) is 18.4. The number of benzene rings is 3. The molecule has 0 radical (unpaired) electrons. The first-order valence-corrected chi connectivity index (χ1v) is 12.6. The average Bonchev–Trinajstić information content (AvgIpc) is 3.54. The Bertz CT molecular complexity index is 1380. The van der Waals surface area contributed by atoms with Gasteiger partial charge in [0.15, 0.2) is 18.1 Å². The SMILES string of the molecule is O=C(COc1ccc(N2C[C@@H](C(=O)NCc3ccc4c(c3)OCO4)CC2=O)cc1)Nc1ccc(Br)cc1F. The van der Waals surface area contributed by atoms with Crippen LogP contribution in [0.2, 0.25) is 0 Å². The maximum absolute atomic E-state index is 13.9. The van der Waals surface area contributed by atoms with Crippen LogP contribution in [0.25, 0.3) is 0 Å². The topological polar surface area (TPSA) is 106 Å². The summed E-state index contributed by atoms with van der Waals surface area (Å²) in [6.45, 7) is 0.437. The van der Waals surface area contributed by atoms with E-state index in [2.05, 4.69) is 26.6 Å². The third-order valence-corrected chi connectivity index (χ3v) is 6.62. The van der Waals surface area contributed by atoms with E-state index in [1.165, 1.54) is 12.1 Å². The zero-order valence-electron chi connectivity index (χ0n) is 20.0. The smallest absolute Gasteiger partial charge is 0.262 e. The molecule has 1 fully saturated rings. The van der Waals surface area contributed by atoms with Gasteiger partial charge in [0.2, 0.25) is 18.6 Å². The predicted octanol–water partition coefficient (Wildman–Crippen LogP) is 4.00. The summed E-state index contributed by atoms with van der Waals surface area (Å²) in [6, 6.07) is 16.4. The fourth-order valence-electron chi connectivity index (χ4n) is 4.17. The number of rotatable bonds is 8. The van der Waals surface area contributed by atoms with E-state index >= 15 is 0 Å². The molecule has 3 aromatic carbocycles. The molecule has 38 heavy (non-hydrogen) atoms. The second-order valence-electron chi connectivity index (χ2n) is 8.77. The fraction of sp³-hybridized carbons (Fsp3) is 0.222. The van der Waals surface area contributed by atoms with Crippen LogP contribution in [-0.4, -0.2) is 37.7 Å². The predicted molar refractivity (Wildman–Crippen MR) is 140 cm³/mol. The molecule has 0 bridgehead atoms. The molecule has 0 saturated carbocycles. The van der Waals surface area contributed by atoms with E-state index in [4.69, 9.17) is 14.2 Å². The highest BCUT2D eigenvalue weighted by Gasteiger charge is 2.35. The molecule has 3 amide bonds. The quantitative estimate of drug-likeness (QED) is 0.415. The van der Waals surface area contributed by atoms with Crippen molar-refractivity contribution in [3.8, 4) is 17.2 Å². The van der Waals surface area contributed by atoms with Gasteiger partial charge in [0.25, 0.3) is 5.91 Å². The lowest BCUT2D eigenvalue weighted by molar-refractivity contribution is -0.126. The van der Waals surface area contributed by atoms with Crippen molar-refractivity contribution >= 4 is 45.0 Å². The largest absolute Gasteiger partial charge is 0.484 e. The van der Waals surface area contributed by atoms with Crippen molar-refractivity contribution in [1.82, 2.24) is 5.32 Å². The fourth-order valence-corrected chi connectivity index (χ4v) is 4.50. The lowest BCUT2D eigenvalue weighted by Gasteiger charge is -2.17. The van der Waals surface area contributed by atoms with Crippen LogP contribution in [0.5, 0.6) is 17.2 Å². The lowest BCUT2D eigenvalue weighted by Crippen LogP contribution is -2.32. The molecule has 0 aromatic heterocycles. The molecule has 2 N–H and O–H groups in total. The van der Waals surface area contributed by atoms with E-state index in [1.807, 2.05) is 12.1 Å². The molecule has 9 nitrogen and oxygen atoms in total. The number of amides is 3. The molecule has 2 aliphatic heterocycles. The summed E-state index contributed by atoms with van der Waals surface area (Å²) in [5.74, 6) is -0.185. The van der Waals surface area contributed by atoms with Crippen molar-refractivity contribution in [3.05, 3.63) is 76.5 Å². The number of anilines is 2. The molecule has 0 aliphatic carbocycles. The van der Waals surface area contributed by atoms with Crippen molar-refractivity contribution < 1.29 is 33.0 Å². The van der Waals surface area contributed by atoms with Crippen LogP contribution in [-0.2, 0) is 20.9 Å². The van der Waals surface area contributed by atoms with Gasteiger partial charge in [-0.1, -0.05) is 22.0 Å². The monoisotopic (exact) mass is 583 g/mol. The van der Waals surface area contributed by atoms with Gasteiger partial charge in [0, 0.05) is 29.7 Å². The van der Waals surface area contributed by atoms with Crippen molar-refractivity contribution in [2.75, 3.05) is 30.2 Å². The van der Waals surface area contributed by atoms with Gasteiger partial charge in [0.05, 0.1) is 11.6 Å². The third-order valence-electron chi connectivity index (χ3n) is 6.12. The molecule has 2 heterocycles. The zero-order valence-corrected chi connectivity index (χ0v) is 21.6. The lowest BCUT2D eigenvalue weighted by atomic mass is 10.1. The summed E-state index contributed by atoms with van der Waals surface area (Å²) in [5, 5.41) is 5.34.